The van der Waals surface area contributed by atoms with E-state index < -0.39 is 10.0 Å². The number of ether oxygens (including phenoxy) is 1. The third-order valence-corrected chi connectivity index (χ3v) is 8.50. The number of sulfonamides is 1. The van der Waals surface area contributed by atoms with E-state index >= 15 is 0 Å². The molecule has 4 rings (SSSR count). The molecule has 196 valence electrons. The molecule has 3 heterocycles. The summed E-state index contributed by atoms with van der Waals surface area (Å²) >= 11 is 0. The SMILES string of the molecule is CCOc1ccc(S(=O)(=O)N2CCN(CCCF)CC2)cc1-c1nc2c(CC)cn(CC)c2c(=O)[nH]1. The van der Waals surface area contributed by atoms with Crippen molar-refractivity contribution in [2.75, 3.05) is 46.0 Å². The number of rotatable bonds is 10. The second-order valence-electron chi connectivity index (χ2n) is 8.78. The molecule has 9 nitrogen and oxygen atoms in total. The van der Waals surface area contributed by atoms with Crippen LogP contribution in [0.4, 0.5) is 4.39 Å². The van der Waals surface area contributed by atoms with Crippen LogP contribution in [0.1, 0.15) is 32.8 Å². The van der Waals surface area contributed by atoms with Crippen LogP contribution in [0.25, 0.3) is 22.4 Å². The van der Waals surface area contributed by atoms with Gasteiger partial charge < -0.3 is 19.2 Å². The molecule has 0 atom stereocenters. The van der Waals surface area contributed by atoms with Gasteiger partial charge in [-0.15, -0.1) is 0 Å². The normalized spacial score (nSPS) is 15.6. The summed E-state index contributed by atoms with van der Waals surface area (Å²) in [6.45, 7) is 8.86. The molecule has 1 aromatic carbocycles. The molecule has 1 aliphatic heterocycles. The van der Waals surface area contributed by atoms with Gasteiger partial charge in [0.15, 0.2) is 0 Å². The highest BCUT2D eigenvalue weighted by Crippen LogP contribution is 2.32. The van der Waals surface area contributed by atoms with Crippen LogP contribution in [-0.4, -0.2) is 78.2 Å². The lowest BCUT2D eigenvalue weighted by Crippen LogP contribution is -2.48. The lowest BCUT2D eigenvalue weighted by Gasteiger charge is -2.33. The molecule has 0 bridgehead atoms. The molecule has 1 fully saturated rings. The summed E-state index contributed by atoms with van der Waals surface area (Å²) < 4.78 is 48.6. The van der Waals surface area contributed by atoms with Gasteiger partial charge >= 0.3 is 0 Å². The maximum absolute atomic E-state index is 13.5. The first-order valence-electron chi connectivity index (χ1n) is 12.5. The average molecular weight is 520 g/mol. The lowest BCUT2D eigenvalue weighted by atomic mass is 10.1. The number of nitrogens with one attached hydrogen (secondary N) is 1. The number of aromatic amines is 1. The molecule has 0 amide bonds. The van der Waals surface area contributed by atoms with Crippen molar-refractivity contribution in [3.63, 3.8) is 0 Å². The molecule has 0 saturated carbocycles. The molecular weight excluding hydrogens is 485 g/mol. The van der Waals surface area contributed by atoms with Gasteiger partial charge in [0.25, 0.3) is 5.56 Å². The fraction of sp³-hybridized carbons (Fsp3) is 0.520. The Labute approximate surface area is 210 Å². The summed E-state index contributed by atoms with van der Waals surface area (Å²) in [5, 5.41) is 0. The predicted molar refractivity (Wildman–Crippen MR) is 138 cm³/mol. The second-order valence-corrected chi connectivity index (χ2v) is 10.7. The second kappa shape index (κ2) is 11.1. The van der Waals surface area contributed by atoms with E-state index in [9.17, 15) is 17.6 Å². The van der Waals surface area contributed by atoms with Gasteiger partial charge in [0.05, 0.1) is 29.3 Å². The maximum atomic E-state index is 13.5. The molecule has 11 heteroatoms. The molecular formula is C25H34FN5O4S. The van der Waals surface area contributed by atoms with Crippen molar-refractivity contribution in [1.82, 2.24) is 23.7 Å². The van der Waals surface area contributed by atoms with Gasteiger partial charge in [0.1, 0.15) is 17.1 Å². The Morgan fingerprint density at radius 2 is 1.89 bits per heavy atom. The Hall–Kier alpha value is -2.76. The van der Waals surface area contributed by atoms with Crippen LogP contribution in [0.5, 0.6) is 5.75 Å². The Morgan fingerprint density at radius 3 is 2.53 bits per heavy atom. The first kappa shape index (κ1) is 26.3. The number of alkyl halides is 1. The number of H-pyrrole nitrogens is 1. The first-order chi connectivity index (χ1) is 17.3. The summed E-state index contributed by atoms with van der Waals surface area (Å²) in [4.78, 5) is 22.9. The van der Waals surface area contributed by atoms with E-state index in [4.69, 9.17) is 9.72 Å². The van der Waals surface area contributed by atoms with Gasteiger partial charge in [0, 0.05) is 45.5 Å². The highest BCUT2D eigenvalue weighted by molar-refractivity contribution is 7.89. The maximum Gasteiger partial charge on any atom is 0.275 e. The third-order valence-electron chi connectivity index (χ3n) is 6.60. The fourth-order valence-electron chi connectivity index (χ4n) is 4.67. The van der Waals surface area contributed by atoms with Gasteiger partial charge in [-0.1, -0.05) is 6.92 Å². The quantitative estimate of drug-likeness (QED) is 0.442. The third kappa shape index (κ3) is 5.05. The molecule has 0 unspecified atom stereocenters. The van der Waals surface area contributed by atoms with Crippen molar-refractivity contribution >= 4 is 21.1 Å². The topological polar surface area (TPSA) is 101 Å². The number of hydrogen-bond donors (Lipinski definition) is 1. The van der Waals surface area contributed by atoms with Crippen LogP contribution in [0.2, 0.25) is 0 Å². The lowest BCUT2D eigenvalue weighted by molar-refractivity contribution is 0.182. The number of aromatic nitrogens is 3. The van der Waals surface area contributed by atoms with E-state index in [1.807, 2.05) is 31.5 Å². The van der Waals surface area contributed by atoms with Gasteiger partial charge in [-0.3, -0.25) is 9.18 Å². The monoisotopic (exact) mass is 519 g/mol. The standard InChI is InChI=1S/C25H34FN5O4S/c1-4-18-17-30(5-2)23-22(18)27-24(28-25(23)32)20-16-19(8-9-21(20)35-6-3)36(33,34)31-14-12-29(13-15-31)11-7-10-26/h8-9,16-17H,4-7,10-15H2,1-3H3,(H,27,28,32). The van der Waals surface area contributed by atoms with Crippen LogP contribution in [0.3, 0.4) is 0 Å². The van der Waals surface area contributed by atoms with Crippen LogP contribution in [-0.2, 0) is 23.0 Å². The number of benzene rings is 1. The van der Waals surface area contributed by atoms with Crippen LogP contribution in [0.15, 0.2) is 34.1 Å². The molecule has 3 aromatic rings. The zero-order chi connectivity index (χ0) is 25.9. The summed E-state index contributed by atoms with van der Waals surface area (Å²) in [5.74, 6) is 0.718. The van der Waals surface area contributed by atoms with Crippen LogP contribution < -0.4 is 10.3 Å². The van der Waals surface area contributed by atoms with Gasteiger partial charge in [0.2, 0.25) is 10.0 Å². The van der Waals surface area contributed by atoms with Gasteiger partial charge in [-0.2, -0.15) is 4.31 Å². The van der Waals surface area contributed by atoms with Crippen LogP contribution in [0, 0.1) is 0 Å². The zero-order valence-electron chi connectivity index (χ0n) is 21.1. The van der Waals surface area contributed by atoms with Crippen molar-refractivity contribution < 1.29 is 17.5 Å². The highest BCUT2D eigenvalue weighted by atomic mass is 32.2. The van der Waals surface area contributed by atoms with Gasteiger partial charge in [-0.25, -0.2) is 13.4 Å². The minimum absolute atomic E-state index is 0.114. The molecule has 0 radical (unpaired) electrons. The van der Waals surface area contributed by atoms with Crippen molar-refractivity contribution in [2.45, 2.75) is 45.1 Å². The fourth-order valence-corrected chi connectivity index (χ4v) is 6.12. The number of aryl methyl sites for hydroxylation is 2. The summed E-state index contributed by atoms with van der Waals surface area (Å²) in [5.41, 5.74) is 2.21. The van der Waals surface area contributed by atoms with Crippen molar-refractivity contribution in [1.29, 1.82) is 0 Å². The van der Waals surface area contributed by atoms with E-state index in [2.05, 4.69) is 9.88 Å². The van der Waals surface area contributed by atoms with E-state index in [0.29, 0.717) is 81.1 Å². The van der Waals surface area contributed by atoms with Gasteiger partial charge in [-0.05, 0) is 50.5 Å². The van der Waals surface area contributed by atoms with E-state index in [0.717, 1.165) is 5.56 Å². The highest BCUT2D eigenvalue weighted by Gasteiger charge is 2.29. The smallest absolute Gasteiger partial charge is 0.275 e. The minimum Gasteiger partial charge on any atom is -0.493 e. The molecule has 36 heavy (non-hydrogen) atoms. The zero-order valence-corrected chi connectivity index (χ0v) is 21.9. The predicted octanol–water partition coefficient (Wildman–Crippen LogP) is 3.04. The largest absolute Gasteiger partial charge is 0.493 e. The molecule has 0 aliphatic carbocycles. The number of halogens is 1. The number of hydrogen-bond acceptors (Lipinski definition) is 6. The average Bonchev–Trinajstić information content (AvgIpc) is 3.26. The number of fused-ring (bicyclic) bond motifs is 1. The minimum atomic E-state index is -3.78. The van der Waals surface area contributed by atoms with Crippen LogP contribution >= 0.6 is 0 Å². The first-order valence-corrected chi connectivity index (χ1v) is 14.0. The number of piperazine rings is 1. The van der Waals surface area contributed by atoms with Crippen molar-refractivity contribution in [3.8, 4) is 17.1 Å². The Balaban J connectivity index is 1.74. The number of nitrogens with zero attached hydrogens (tertiary/aromatic N) is 4. The molecule has 2 aromatic heterocycles. The summed E-state index contributed by atoms with van der Waals surface area (Å²) in [6.07, 6.45) is 3.10. The van der Waals surface area contributed by atoms with E-state index in [-0.39, 0.29) is 23.0 Å². The molecule has 1 N–H and O–H groups in total. The van der Waals surface area contributed by atoms with Crippen molar-refractivity contribution in [3.05, 3.63) is 40.3 Å². The summed E-state index contributed by atoms with van der Waals surface area (Å²) in [6, 6.07) is 4.68. The Kier molecular flexibility index (Phi) is 8.11. The Morgan fingerprint density at radius 1 is 1.14 bits per heavy atom. The van der Waals surface area contributed by atoms with E-state index in [1.165, 1.54) is 16.4 Å². The molecule has 1 saturated heterocycles. The molecule has 0 spiro atoms. The Bertz CT molecular complexity index is 1380. The summed E-state index contributed by atoms with van der Waals surface area (Å²) in [7, 11) is -3.78. The van der Waals surface area contributed by atoms with Crippen molar-refractivity contribution in [2.24, 2.45) is 0 Å². The van der Waals surface area contributed by atoms with E-state index in [1.54, 1.807) is 6.07 Å². The molecule has 1 aliphatic rings.